The molecule has 0 atom stereocenters. The van der Waals surface area contributed by atoms with Gasteiger partial charge in [-0.05, 0) is 31.8 Å². The lowest BCUT2D eigenvalue weighted by molar-refractivity contribution is -0.122. The molecule has 1 amide bonds. The fourth-order valence-corrected chi connectivity index (χ4v) is 2.61. The van der Waals surface area contributed by atoms with Crippen molar-refractivity contribution in [3.63, 3.8) is 0 Å². The van der Waals surface area contributed by atoms with E-state index in [9.17, 15) is 13.2 Å². The molecule has 5 nitrogen and oxygen atoms in total. The molecule has 0 radical (unpaired) electrons. The maximum absolute atomic E-state index is 11.6. The van der Waals surface area contributed by atoms with Crippen LogP contribution >= 0.6 is 0 Å². The second kappa shape index (κ2) is 6.96. The fourth-order valence-electron chi connectivity index (χ4n) is 1.91. The van der Waals surface area contributed by atoms with Crippen molar-refractivity contribution in [2.45, 2.75) is 26.2 Å². The van der Waals surface area contributed by atoms with Gasteiger partial charge in [-0.25, -0.2) is 8.42 Å². The van der Waals surface area contributed by atoms with Gasteiger partial charge in [0.25, 0.3) is 0 Å². The zero-order valence-electron chi connectivity index (χ0n) is 10.4. The van der Waals surface area contributed by atoms with Gasteiger partial charge < -0.3 is 10.6 Å². The van der Waals surface area contributed by atoms with Gasteiger partial charge in [0, 0.05) is 18.7 Å². The summed E-state index contributed by atoms with van der Waals surface area (Å²) >= 11 is 0. The van der Waals surface area contributed by atoms with Crippen molar-refractivity contribution in [3.8, 4) is 0 Å². The summed E-state index contributed by atoms with van der Waals surface area (Å²) in [5, 5.41) is 5.93. The number of rotatable bonds is 6. The summed E-state index contributed by atoms with van der Waals surface area (Å²) in [6.07, 6.45) is 2.58. The molecule has 0 aliphatic carbocycles. The Kier molecular flexibility index (Phi) is 5.91. The molecule has 1 aliphatic rings. The minimum Gasteiger partial charge on any atom is -0.355 e. The molecule has 0 aromatic heterocycles. The normalized spacial score (nSPS) is 17.9. The Morgan fingerprint density at radius 1 is 1.35 bits per heavy atom. The molecule has 0 aromatic carbocycles. The summed E-state index contributed by atoms with van der Waals surface area (Å²) < 4.78 is 22.4. The Labute approximate surface area is 103 Å². The van der Waals surface area contributed by atoms with Gasteiger partial charge in [-0.15, -0.1) is 0 Å². The molecule has 1 fully saturated rings. The Balaban J connectivity index is 2.16. The predicted octanol–water partition coefficient (Wildman–Crippen LogP) is -0.0730. The van der Waals surface area contributed by atoms with Crippen LogP contribution in [0, 0.1) is 5.92 Å². The summed E-state index contributed by atoms with van der Waals surface area (Å²) in [5.41, 5.74) is 0. The number of carbonyl (C=O) groups is 1. The van der Waals surface area contributed by atoms with E-state index in [-0.39, 0.29) is 24.0 Å². The van der Waals surface area contributed by atoms with E-state index in [1.807, 2.05) is 0 Å². The Hall–Kier alpha value is -0.620. The van der Waals surface area contributed by atoms with Crippen molar-refractivity contribution in [1.82, 2.24) is 10.6 Å². The molecule has 0 bridgehead atoms. The standard InChI is InChI=1S/C11H22N2O3S/c1-2-17(15,16)8-7-13-11(14)9-10-3-5-12-6-4-10/h10,12H,2-9H2,1H3,(H,13,14). The van der Waals surface area contributed by atoms with Crippen LogP contribution in [0.5, 0.6) is 0 Å². The van der Waals surface area contributed by atoms with E-state index in [1.165, 1.54) is 0 Å². The smallest absolute Gasteiger partial charge is 0.220 e. The van der Waals surface area contributed by atoms with Crippen LogP contribution in [0.15, 0.2) is 0 Å². The summed E-state index contributed by atoms with van der Waals surface area (Å²) in [4.78, 5) is 11.6. The number of amides is 1. The van der Waals surface area contributed by atoms with E-state index in [1.54, 1.807) is 6.92 Å². The van der Waals surface area contributed by atoms with E-state index < -0.39 is 9.84 Å². The summed E-state index contributed by atoms with van der Waals surface area (Å²) in [6, 6.07) is 0. The third-order valence-electron chi connectivity index (χ3n) is 3.11. The Morgan fingerprint density at radius 3 is 2.59 bits per heavy atom. The molecule has 1 heterocycles. The van der Waals surface area contributed by atoms with Crippen LogP contribution in [0.3, 0.4) is 0 Å². The molecule has 0 spiro atoms. The van der Waals surface area contributed by atoms with Crippen molar-refractivity contribution in [2.24, 2.45) is 5.92 Å². The van der Waals surface area contributed by atoms with Crippen LogP contribution in [0.25, 0.3) is 0 Å². The lowest BCUT2D eigenvalue weighted by atomic mass is 9.94. The van der Waals surface area contributed by atoms with Gasteiger partial charge in [-0.3, -0.25) is 4.79 Å². The molecular formula is C11H22N2O3S. The van der Waals surface area contributed by atoms with Gasteiger partial charge in [-0.2, -0.15) is 0 Å². The predicted molar refractivity (Wildman–Crippen MR) is 67.5 cm³/mol. The third kappa shape index (κ3) is 6.02. The van der Waals surface area contributed by atoms with Crippen LogP contribution in [0.1, 0.15) is 26.2 Å². The molecule has 1 rings (SSSR count). The highest BCUT2D eigenvalue weighted by atomic mass is 32.2. The number of hydrogen-bond acceptors (Lipinski definition) is 4. The number of sulfone groups is 1. The molecule has 6 heteroatoms. The second-order valence-corrected chi connectivity index (χ2v) is 6.96. The van der Waals surface area contributed by atoms with E-state index in [2.05, 4.69) is 10.6 Å². The minimum atomic E-state index is -2.97. The third-order valence-corrected chi connectivity index (χ3v) is 4.81. The molecule has 1 saturated heterocycles. The Morgan fingerprint density at radius 2 is 2.00 bits per heavy atom. The average Bonchev–Trinajstić information content (AvgIpc) is 2.30. The van der Waals surface area contributed by atoms with E-state index in [0.717, 1.165) is 25.9 Å². The number of piperidine rings is 1. The van der Waals surface area contributed by atoms with E-state index in [0.29, 0.717) is 12.3 Å². The second-order valence-electron chi connectivity index (χ2n) is 4.48. The van der Waals surface area contributed by atoms with Gasteiger partial charge in [0.1, 0.15) is 0 Å². The maximum atomic E-state index is 11.6. The molecule has 1 aliphatic heterocycles. The summed E-state index contributed by atoms with van der Waals surface area (Å²) in [7, 11) is -2.97. The monoisotopic (exact) mass is 262 g/mol. The maximum Gasteiger partial charge on any atom is 0.220 e. The first kappa shape index (κ1) is 14.4. The van der Waals surface area contributed by atoms with Crippen LogP contribution < -0.4 is 10.6 Å². The zero-order chi connectivity index (χ0) is 12.7. The van der Waals surface area contributed by atoms with Crippen LogP contribution in [-0.4, -0.2) is 45.5 Å². The highest BCUT2D eigenvalue weighted by Crippen LogP contribution is 2.15. The molecule has 0 saturated carbocycles. The fraction of sp³-hybridized carbons (Fsp3) is 0.909. The van der Waals surface area contributed by atoms with E-state index >= 15 is 0 Å². The van der Waals surface area contributed by atoms with Gasteiger partial charge in [0.15, 0.2) is 9.84 Å². The van der Waals surface area contributed by atoms with Crippen molar-refractivity contribution in [1.29, 1.82) is 0 Å². The van der Waals surface area contributed by atoms with Crippen molar-refractivity contribution >= 4 is 15.7 Å². The zero-order valence-corrected chi connectivity index (χ0v) is 11.2. The number of hydrogen-bond donors (Lipinski definition) is 2. The van der Waals surface area contributed by atoms with Gasteiger partial charge in [-0.1, -0.05) is 6.92 Å². The largest absolute Gasteiger partial charge is 0.355 e. The number of nitrogens with one attached hydrogen (secondary N) is 2. The SMILES string of the molecule is CCS(=O)(=O)CCNC(=O)CC1CCNCC1. The van der Waals surface area contributed by atoms with Gasteiger partial charge >= 0.3 is 0 Å². The highest BCUT2D eigenvalue weighted by Gasteiger charge is 2.16. The first-order chi connectivity index (χ1) is 8.03. The van der Waals surface area contributed by atoms with E-state index in [4.69, 9.17) is 0 Å². The Bertz CT molecular complexity index is 335. The highest BCUT2D eigenvalue weighted by molar-refractivity contribution is 7.91. The molecule has 0 unspecified atom stereocenters. The van der Waals surface area contributed by atoms with Crippen molar-refractivity contribution < 1.29 is 13.2 Å². The summed E-state index contributed by atoms with van der Waals surface area (Å²) in [6.45, 7) is 3.80. The molecular weight excluding hydrogens is 240 g/mol. The molecule has 2 N–H and O–H groups in total. The van der Waals surface area contributed by atoms with Crippen LogP contribution in [0.4, 0.5) is 0 Å². The van der Waals surface area contributed by atoms with Gasteiger partial charge in [0.05, 0.1) is 5.75 Å². The first-order valence-corrected chi connectivity index (χ1v) is 8.03. The molecule has 17 heavy (non-hydrogen) atoms. The lowest BCUT2D eigenvalue weighted by Crippen LogP contribution is -2.34. The number of carbonyl (C=O) groups excluding carboxylic acids is 1. The summed E-state index contributed by atoms with van der Waals surface area (Å²) in [5.74, 6) is 0.598. The quantitative estimate of drug-likeness (QED) is 0.702. The van der Waals surface area contributed by atoms with Crippen molar-refractivity contribution in [2.75, 3.05) is 31.1 Å². The first-order valence-electron chi connectivity index (χ1n) is 6.21. The molecule has 0 aromatic rings. The molecule has 100 valence electrons. The van der Waals surface area contributed by atoms with Crippen molar-refractivity contribution in [3.05, 3.63) is 0 Å². The van der Waals surface area contributed by atoms with Crippen LogP contribution in [-0.2, 0) is 14.6 Å². The minimum absolute atomic E-state index is 0.0248. The van der Waals surface area contributed by atoms with Crippen LogP contribution in [0.2, 0.25) is 0 Å². The average molecular weight is 262 g/mol. The topological polar surface area (TPSA) is 75.3 Å². The van der Waals surface area contributed by atoms with Gasteiger partial charge in [0.2, 0.25) is 5.91 Å². The lowest BCUT2D eigenvalue weighted by Gasteiger charge is -2.21.